The normalized spacial score (nSPS) is 17.2. The van der Waals surface area contributed by atoms with Crippen molar-refractivity contribution in [2.45, 2.75) is 70.7 Å². The van der Waals surface area contributed by atoms with Crippen molar-refractivity contribution < 1.29 is 9.90 Å². The molecule has 1 aliphatic heterocycles. The standard InChI is InChI=1S/C27H34N4O2/c1-5-27(6-2,21-14-12-19(18-32)13-15-21)30-25(33)22-17-28-31-24(22)29-23(16-26(31,3)4)20-10-8-7-9-11-20/h7-15,17,23,29,32H,5-6,16,18H2,1-4H3,(H,30,33). The Morgan fingerprint density at radius 3 is 2.42 bits per heavy atom. The first kappa shape index (κ1) is 23.1. The van der Waals surface area contributed by atoms with Crippen molar-refractivity contribution in [1.82, 2.24) is 15.1 Å². The molecule has 6 nitrogen and oxygen atoms in total. The van der Waals surface area contributed by atoms with Gasteiger partial charge in [0.2, 0.25) is 0 Å². The number of fused-ring (bicyclic) bond motifs is 1. The molecule has 1 unspecified atom stereocenters. The van der Waals surface area contributed by atoms with Crippen LogP contribution in [0, 0.1) is 0 Å². The molecule has 6 heteroatoms. The number of aromatic nitrogens is 2. The molecule has 0 saturated heterocycles. The van der Waals surface area contributed by atoms with E-state index in [1.807, 2.05) is 47.1 Å². The molecule has 174 valence electrons. The van der Waals surface area contributed by atoms with Gasteiger partial charge in [-0.05, 0) is 49.8 Å². The van der Waals surface area contributed by atoms with Crippen molar-refractivity contribution in [2.24, 2.45) is 0 Å². The Morgan fingerprint density at radius 2 is 1.82 bits per heavy atom. The lowest BCUT2D eigenvalue weighted by Crippen LogP contribution is -2.45. The summed E-state index contributed by atoms with van der Waals surface area (Å²) in [6, 6.07) is 18.3. The van der Waals surface area contributed by atoms with Gasteiger partial charge in [-0.1, -0.05) is 68.4 Å². The first-order valence-electron chi connectivity index (χ1n) is 11.8. The number of nitrogens with zero attached hydrogens (tertiary/aromatic N) is 2. The van der Waals surface area contributed by atoms with Crippen molar-refractivity contribution in [1.29, 1.82) is 0 Å². The third-order valence-electron chi connectivity index (χ3n) is 7.05. The molecule has 3 N–H and O–H groups in total. The molecule has 0 fully saturated rings. The number of aliphatic hydroxyl groups excluding tert-OH is 1. The van der Waals surface area contributed by atoms with Gasteiger partial charge < -0.3 is 15.7 Å². The van der Waals surface area contributed by atoms with Crippen LogP contribution in [0.25, 0.3) is 0 Å². The molecular weight excluding hydrogens is 412 g/mol. The Bertz CT molecular complexity index is 1100. The highest BCUT2D eigenvalue weighted by atomic mass is 16.3. The zero-order valence-corrected chi connectivity index (χ0v) is 19.9. The van der Waals surface area contributed by atoms with Crippen LogP contribution in [-0.4, -0.2) is 20.8 Å². The van der Waals surface area contributed by atoms with Crippen LogP contribution in [0.3, 0.4) is 0 Å². The van der Waals surface area contributed by atoms with E-state index in [-0.39, 0.29) is 24.1 Å². The molecule has 1 aliphatic rings. The molecule has 1 amide bonds. The highest BCUT2D eigenvalue weighted by Crippen LogP contribution is 2.40. The third-order valence-corrected chi connectivity index (χ3v) is 7.05. The van der Waals surface area contributed by atoms with Gasteiger partial charge >= 0.3 is 0 Å². The number of rotatable bonds is 7. The van der Waals surface area contributed by atoms with Crippen LogP contribution in [0.1, 0.15) is 80.0 Å². The molecule has 0 aliphatic carbocycles. The van der Waals surface area contributed by atoms with Gasteiger partial charge in [0, 0.05) is 0 Å². The summed E-state index contributed by atoms with van der Waals surface area (Å²) in [5.41, 5.74) is 2.92. The van der Waals surface area contributed by atoms with Gasteiger partial charge in [0.05, 0.1) is 29.9 Å². The Hall–Kier alpha value is -3.12. The smallest absolute Gasteiger partial charge is 0.257 e. The van der Waals surface area contributed by atoms with Gasteiger partial charge in [0.25, 0.3) is 5.91 Å². The van der Waals surface area contributed by atoms with Crippen molar-refractivity contribution in [3.63, 3.8) is 0 Å². The van der Waals surface area contributed by atoms with E-state index in [9.17, 15) is 9.90 Å². The Kier molecular flexibility index (Phi) is 6.30. The number of amides is 1. The lowest BCUT2D eigenvalue weighted by atomic mass is 9.84. The van der Waals surface area contributed by atoms with E-state index in [1.165, 1.54) is 5.56 Å². The van der Waals surface area contributed by atoms with Crippen LogP contribution < -0.4 is 10.6 Å². The molecule has 0 saturated carbocycles. The van der Waals surface area contributed by atoms with Crippen LogP contribution in [-0.2, 0) is 17.7 Å². The van der Waals surface area contributed by atoms with E-state index in [1.54, 1.807) is 6.20 Å². The zero-order chi connectivity index (χ0) is 23.6. The molecule has 33 heavy (non-hydrogen) atoms. The minimum Gasteiger partial charge on any atom is -0.392 e. The van der Waals surface area contributed by atoms with Gasteiger partial charge in [0.1, 0.15) is 11.4 Å². The second-order valence-corrected chi connectivity index (χ2v) is 9.54. The highest BCUT2D eigenvalue weighted by molar-refractivity contribution is 5.99. The van der Waals surface area contributed by atoms with Crippen LogP contribution >= 0.6 is 0 Å². The van der Waals surface area contributed by atoms with Crippen molar-refractivity contribution in [2.75, 3.05) is 5.32 Å². The lowest BCUT2D eigenvalue weighted by Gasteiger charge is -2.38. The summed E-state index contributed by atoms with van der Waals surface area (Å²) in [5, 5.41) is 20.9. The number of nitrogens with one attached hydrogen (secondary N) is 2. The molecule has 3 aromatic rings. The SMILES string of the molecule is CCC(CC)(NC(=O)c1cnn2c1NC(c1ccccc1)CC2(C)C)c1ccc(CO)cc1. The molecule has 2 heterocycles. The van der Waals surface area contributed by atoms with Crippen LogP contribution in [0.5, 0.6) is 0 Å². The van der Waals surface area contributed by atoms with E-state index in [4.69, 9.17) is 0 Å². The predicted octanol–water partition coefficient (Wildman–Crippen LogP) is 5.11. The molecule has 1 aromatic heterocycles. The van der Waals surface area contributed by atoms with E-state index < -0.39 is 5.54 Å². The van der Waals surface area contributed by atoms with Crippen LogP contribution in [0.15, 0.2) is 60.8 Å². The van der Waals surface area contributed by atoms with Crippen LogP contribution in [0.4, 0.5) is 5.82 Å². The van der Waals surface area contributed by atoms with Gasteiger partial charge in [-0.25, -0.2) is 4.68 Å². The number of hydrogen-bond acceptors (Lipinski definition) is 4. The number of anilines is 1. The molecule has 0 spiro atoms. The molecule has 0 bridgehead atoms. The van der Waals surface area contributed by atoms with E-state index in [0.717, 1.165) is 36.2 Å². The minimum atomic E-state index is -0.497. The quantitative estimate of drug-likeness (QED) is 0.471. The minimum absolute atomic E-state index is 0.00443. The Morgan fingerprint density at radius 1 is 1.15 bits per heavy atom. The molecule has 1 atom stereocenters. The Labute approximate surface area is 196 Å². The van der Waals surface area contributed by atoms with Gasteiger partial charge in [-0.3, -0.25) is 4.79 Å². The van der Waals surface area contributed by atoms with Gasteiger partial charge in [0.15, 0.2) is 0 Å². The monoisotopic (exact) mass is 446 g/mol. The summed E-state index contributed by atoms with van der Waals surface area (Å²) >= 11 is 0. The number of carbonyl (C=O) groups is 1. The van der Waals surface area contributed by atoms with Crippen molar-refractivity contribution >= 4 is 11.7 Å². The fourth-order valence-corrected chi connectivity index (χ4v) is 4.92. The summed E-state index contributed by atoms with van der Waals surface area (Å²) in [5.74, 6) is 0.623. The maximum Gasteiger partial charge on any atom is 0.257 e. The van der Waals surface area contributed by atoms with Crippen molar-refractivity contribution in [3.8, 4) is 0 Å². The summed E-state index contributed by atoms with van der Waals surface area (Å²) in [6.07, 6.45) is 4.06. The molecule has 2 aromatic carbocycles. The van der Waals surface area contributed by atoms with Gasteiger partial charge in [-0.2, -0.15) is 5.10 Å². The second kappa shape index (κ2) is 9.02. The fraction of sp³-hybridized carbons (Fsp3) is 0.407. The highest BCUT2D eigenvalue weighted by Gasteiger charge is 2.38. The maximum absolute atomic E-state index is 13.6. The van der Waals surface area contributed by atoms with E-state index in [0.29, 0.717) is 5.56 Å². The first-order valence-corrected chi connectivity index (χ1v) is 11.8. The Balaban J connectivity index is 1.66. The number of carbonyl (C=O) groups excluding carboxylic acids is 1. The maximum atomic E-state index is 13.6. The lowest BCUT2D eigenvalue weighted by molar-refractivity contribution is 0.0890. The average molecular weight is 447 g/mol. The molecular formula is C27H34N4O2. The number of aliphatic hydroxyl groups is 1. The third kappa shape index (κ3) is 4.27. The predicted molar refractivity (Wildman–Crippen MR) is 131 cm³/mol. The second-order valence-electron chi connectivity index (χ2n) is 9.54. The summed E-state index contributed by atoms with van der Waals surface area (Å²) < 4.78 is 1.94. The van der Waals surface area contributed by atoms with Gasteiger partial charge in [-0.15, -0.1) is 0 Å². The summed E-state index contributed by atoms with van der Waals surface area (Å²) in [6.45, 7) is 8.50. The summed E-state index contributed by atoms with van der Waals surface area (Å²) in [4.78, 5) is 13.6. The van der Waals surface area contributed by atoms with E-state index >= 15 is 0 Å². The number of hydrogen-bond donors (Lipinski definition) is 3. The summed E-state index contributed by atoms with van der Waals surface area (Å²) in [7, 11) is 0. The number of benzene rings is 2. The molecule has 4 rings (SSSR count). The largest absolute Gasteiger partial charge is 0.392 e. The van der Waals surface area contributed by atoms with E-state index in [2.05, 4.69) is 55.6 Å². The van der Waals surface area contributed by atoms with Crippen LogP contribution in [0.2, 0.25) is 0 Å². The average Bonchev–Trinajstić information content (AvgIpc) is 3.28. The first-order chi connectivity index (χ1) is 15.8. The fourth-order valence-electron chi connectivity index (χ4n) is 4.92. The zero-order valence-electron chi connectivity index (χ0n) is 19.9. The molecule has 0 radical (unpaired) electrons. The topological polar surface area (TPSA) is 79.2 Å². The van der Waals surface area contributed by atoms with Crippen molar-refractivity contribution in [3.05, 3.63) is 83.0 Å².